The van der Waals surface area contributed by atoms with Crippen molar-refractivity contribution in [1.82, 2.24) is 9.36 Å². The van der Waals surface area contributed by atoms with Gasteiger partial charge in [0, 0.05) is 5.92 Å². The van der Waals surface area contributed by atoms with E-state index in [-0.39, 0.29) is 5.54 Å². The van der Waals surface area contributed by atoms with Gasteiger partial charge in [0.2, 0.25) is 0 Å². The van der Waals surface area contributed by atoms with Crippen LogP contribution in [0, 0.1) is 0 Å². The summed E-state index contributed by atoms with van der Waals surface area (Å²) in [6.07, 6.45) is 0. The molecule has 0 unspecified atom stereocenters. The molecule has 0 spiro atoms. The van der Waals surface area contributed by atoms with E-state index in [1.807, 2.05) is 13.8 Å². The van der Waals surface area contributed by atoms with E-state index < -0.39 is 0 Å². The van der Waals surface area contributed by atoms with Gasteiger partial charge in [-0.05, 0) is 25.4 Å². The zero-order chi connectivity index (χ0) is 9.35. The highest BCUT2D eigenvalue weighted by Crippen LogP contribution is 2.21. The van der Waals surface area contributed by atoms with Crippen LogP contribution < -0.4 is 5.73 Å². The molecule has 0 saturated heterocycles. The van der Waals surface area contributed by atoms with Crippen LogP contribution in [-0.4, -0.2) is 9.36 Å². The Morgan fingerprint density at radius 1 is 1.42 bits per heavy atom. The molecule has 0 aliphatic carbocycles. The van der Waals surface area contributed by atoms with Crippen molar-refractivity contribution >= 4 is 11.5 Å². The highest BCUT2D eigenvalue weighted by atomic mass is 32.1. The number of rotatable bonds is 2. The monoisotopic (exact) mass is 185 g/mol. The predicted octanol–water partition coefficient (Wildman–Crippen LogP) is 1.86. The lowest BCUT2D eigenvalue weighted by Crippen LogP contribution is -2.28. The summed E-state index contributed by atoms with van der Waals surface area (Å²) >= 11 is 1.40. The maximum Gasteiger partial charge on any atom is 0.145 e. The third kappa shape index (κ3) is 2.01. The van der Waals surface area contributed by atoms with Crippen LogP contribution in [0.25, 0.3) is 0 Å². The molecule has 1 aromatic rings. The summed E-state index contributed by atoms with van der Waals surface area (Å²) < 4.78 is 4.23. The minimum absolute atomic E-state index is 0.356. The lowest BCUT2D eigenvalue weighted by Gasteiger charge is -2.12. The molecule has 1 aromatic heterocycles. The number of nitrogens with two attached hydrogens (primary N) is 1. The van der Waals surface area contributed by atoms with Gasteiger partial charge in [0.15, 0.2) is 0 Å². The van der Waals surface area contributed by atoms with E-state index in [9.17, 15) is 0 Å². The lowest BCUT2D eigenvalue weighted by atomic mass is 10.1. The van der Waals surface area contributed by atoms with E-state index in [0.29, 0.717) is 5.92 Å². The summed E-state index contributed by atoms with van der Waals surface area (Å²) in [4.78, 5) is 4.36. The first-order chi connectivity index (χ1) is 5.41. The lowest BCUT2D eigenvalue weighted by molar-refractivity contribution is 0.546. The van der Waals surface area contributed by atoms with Crippen LogP contribution in [0.5, 0.6) is 0 Å². The fourth-order valence-corrected chi connectivity index (χ4v) is 1.53. The maximum absolute atomic E-state index is 5.88. The summed E-state index contributed by atoms with van der Waals surface area (Å²) in [6.45, 7) is 8.04. The highest BCUT2D eigenvalue weighted by Gasteiger charge is 2.20. The molecular formula is C8H15N3S. The van der Waals surface area contributed by atoms with Gasteiger partial charge in [-0.15, -0.1) is 0 Å². The second-order valence-corrected chi connectivity index (χ2v) is 4.59. The van der Waals surface area contributed by atoms with E-state index in [4.69, 9.17) is 5.73 Å². The van der Waals surface area contributed by atoms with Gasteiger partial charge in [-0.3, -0.25) is 0 Å². The molecule has 4 heteroatoms. The Kier molecular flexibility index (Phi) is 2.49. The molecule has 2 N–H and O–H groups in total. The summed E-state index contributed by atoms with van der Waals surface area (Å²) in [5, 5.41) is 0.909. The van der Waals surface area contributed by atoms with Crippen LogP contribution in [0.3, 0.4) is 0 Å². The molecule has 1 rings (SSSR count). The van der Waals surface area contributed by atoms with Gasteiger partial charge in [0.1, 0.15) is 10.8 Å². The van der Waals surface area contributed by atoms with Crippen LogP contribution in [0.4, 0.5) is 0 Å². The van der Waals surface area contributed by atoms with Gasteiger partial charge in [-0.2, -0.15) is 4.37 Å². The Labute approximate surface area is 77.2 Å². The third-order valence-corrected chi connectivity index (χ3v) is 2.58. The molecule has 68 valence electrons. The number of hydrogen-bond donors (Lipinski definition) is 1. The largest absolute Gasteiger partial charge is 0.320 e. The van der Waals surface area contributed by atoms with Crippen LogP contribution in [-0.2, 0) is 5.54 Å². The first kappa shape index (κ1) is 9.61. The second-order valence-electron chi connectivity index (χ2n) is 3.83. The average molecular weight is 185 g/mol. The molecule has 0 amide bonds. The van der Waals surface area contributed by atoms with Gasteiger partial charge in [0.25, 0.3) is 0 Å². The average Bonchev–Trinajstić information content (AvgIpc) is 2.30. The fraction of sp³-hybridized carbons (Fsp3) is 0.750. The minimum atomic E-state index is -0.356. The predicted molar refractivity (Wildman–Crippen MR) is 51.2 cm³/mol. The topological polar surface area (TPSA) is 51.8 Å². The molecule has 0 bridgehead atoms. The highest BCUT2D eigenvalue weighted by molar-refractivity contribution is 7.05. The van der Waals surface area contributed by atoms with Gasteiger partial charge in [-0.25, -0.2) is 4.98 Å². The molecular weight excluding hydrogens is 170 g/mol. The minimum Gasteiger partial charge on any atom is -0.320 e. The van der Waals surface area contributed by atoms with Crippen molar-refractivity contribution in [2.45, 2.75) is 39.2 Å². The standard InChI is InChI=1S/C8H15N3S/c1-5(2)6-10-7(12-11-6)8(3,4)9/h5H,9H2,1-4H3. The molecule has 0 fully saturated rings. The molecule has 0 aliphatic rings. The zero-order valence-corrected chi connectivity index (χ0v) is 8.77. The number of aromatic nitrogens is 2. The van der Waals surface area contributed by atoms with Crippen LogP contribution >= 0.6 is 11.5 Å². The van der Waals surface area contributed by atoms with E-state index in [2.05, 4.69) is 23.2 Å². The molecule has 0 radical (unpaired) electrons. The molecule has 0 aliphatic heterocycles. The van der Waals surface area contributed by atoms with Crippen molar-refractivity contribution in [2.75, 3.05) is 0 Å². The first-order valence-electron chi connectivity index (χ1n) is 4.04. The maximum atomic E-state index is 5.88. The number of hydrogen-bond acceptors (Lipinski definition) is 4. The molecule has 3 nitrogen and oxygen atoms in total. The Morgan fingerprint density at radius 3 is 2.25 bits per heavy atom. The summed E-state index contributed by atoms with van der Waals surface area (Å²) in [6, 6.07) is 0. The van der Waals surface area contributed by atoms with Crippen LogP contribution in [0.1, 0.15) is 44.4 Å². The molecule has 12 heavy (non-hydrogen) atoms. The van der Waals surface area contributed by atoms with E-state index >= 15 is 0 Å². The fourth-order valence-electron chi connectivity index (χ4n) is 0.731. The van der Waals surface area contributed by atoms with Gasteiger partial charge in [-0.1, -0.05) is 13.8 Å². The van der Waals surface area contributed by atoms with E-state index in [1.54, 1.807) is 0 Å². The molecule has 0 saturated carbocycles. The van der Waals surface area contributed by atoms with Crippen molar-refractivity contribution < 1.29 is 0 Å². The zero-order valence-electron chi connectivity index (χ0n) is 7.96. The van der Waals surface area contributed by atoms with Gasteiger partial charge >= 0.3 is 0 Å². The summed E-state index contributed by atoms with van der Waals surface area (Å²) in [7, 11) is 0. The Morgan fingerprint density at radius 2 is 2.00 bits per heavy atom. The smallest absolute Gasteiger partial charge is 0.145 e. The molecule has 0 aromatic carbocycles. The third-order valence-electron chi connectivity index (χ3n) is 1.51. The SMILES string of the molecule is CC(C)c1nsc(C(C)(C)N)n1. The molecule has 1 heterocycles. The quantitative estimate of drug-likeness (QED) is 0.765. The van der Waals surface area contributed by atoms with E-state index in [0.717, 1.165) is 10.8 Å². The normalized spacial score (nSPS) is 12.5. The van der Waals surface area contributed by atoms with Gasteiger partial charge in [0.05, 0.1) is 5.54 Å². The van der Waals surface area contributed by atoms with Crippen LogP contribution in [0.2, 0.25) is 0 Å². The summed E-state index contributed by atoms with van der Waals surface area (Å²) in [5.41, 5.74) is 5.52. The summed E-state index contributed by atoms with van der Waals surface area (Å²) in [5.74, 6) is 1.28. The number of nitrogens with zero attached hydrogens (tertiary/aromatic N) is 2. The Balaban J connectivity index is 2.92. The van der Waals surface area contributed by atoms with Crippen molar-refractivity contribution in [3.63, 3.8) is 0 Å². The van der Waals surface area contributed by atoms with Crippen molar-refractivity contribution in [1.29, 1.82) is 0 Å². The Hall–Kier alpha value is -0.480. The van der Waals surface area contributed by atoms with Gasteiger partial charge < -0.3 is 5.73 Å². The van der Waals surface area contributed by atoms with Crippen molar-refractivity contribution in [2.24, 2.45) is 5.73 Å². The van der Waals surface area contributed by atoms with E-state index in [1.165, 1.54) is 11.5 Å². The second kappa shape index (κ2) is 3.11. The van der Waals surface area contributed by atoms with Crippen molar-refractivity contribution in [3.05, 3.63) is 10.8 Å². The molecule has 0 atom stereocenters. The van der Waals surface area contributed by atoms with Crippen molar-refractivity contribution in [3.8, 4) is 0 Å². The van der Waals surface area contributed by atoms with Crippen LogP contribution in [0.15, 0.2) is 0 Å². The Bertz CT molecular complexity index is 260. The first-order valence-corrected chi connectivity index (χ1v) is 4.81.